The maximum Gasteiger partial charge on any atom is 0.218 e. The van der Waals surface area contributed by atoms with Crippen molar-refractivity contribution in [1.29, 1.82) is 0 Å². The molecular weight excluding hydrogens is 236 g/mol. The summed E-state index contributed by atoms with van der Waals surface area (Å²) in [6.45, 7) is 5.39. The fourth-order valence-electron chi connectivity index (χ4n) is 2.64. The summed E-state index contributed by atoms with van der Waals surface area (Å²) < 4.78 is 6.14. The second kappa shape index (κ2) is 7.49. The molecule has 1 N–H and O–H groups in total. The molecule has 1 atom stereocenters. The summed E-state index contributed by atoms with van der Waals surface area (Å²) in [5, 5.41) is 3.51. The molecule has 1 aliphatic carbocycles. The number of nitrogens with one attached hydrogen (secondary N) is 1. The van der Waals surface area contributed by atoms with Crippen LogP contribution in [0.3, 0.4) is 0 Å². The van der Waals surface area contributed by atoms with Crippen LogP contribution < -0.4 is 10.1 Å². The number of ether oxygens (including phenoxy) is 1. The van der Waals surface area contributed by atoms with E-state index < -0.39 is 0 Å². The molecule has 19 heavy (non-hydrogen) atoms. The van der Waals surface area contributed by atoms with Gasteiger partial charge < -0.3 is 10.1 Å². The molecule has 0 amide bonds. The lowest BCUT2D eigenvalue weighted by molar-refractivity contribution is 0.146. The van der Waals surface area contributed by atoms with Gasteiger partial charge in [0.1, 0.15) is 6.10 Å². The minimum absolute atomic E-state index is 0.298. The normalized spacial score (nSPS) is 18.2. The van der Waals surface area contributed by atoms with Crippen molar-refractivity contribution in [3.05, 3.63) is 23.9 Å². The third-order valence-electron chi connectivity index (χ3n) is 3.80. The number of aromatic nitrogens is 1. The predicted octanol–water partition coefficient (Wildman–Crippen LogP) is 3.85. The summed E-state index contributed by atoms with van der Waals surface area (Å²) in [5.41, 5.74) is 1.18. The van der Waals surface area contributed by atoms with Gasteiger partial charge in [-0.25, -0.2) is 4.98 Å². The molecule has 1 aliphatic rings. The van der Waals surface area contributed by atoms with Crippen molar-refractivity contribution in [2.24, 2.45) is 0 Å². The lowest BCUT2D eigenvalue weighted by Gasteiger charge is -2.25. The Labute approximate surface area is 116 Å². The van der Waals surface area contributed by atoms with Crippen molar-refractivity contribution in [3.63, 3.8) is 0 Å². The quantitative estimate of drug-likeness (QED) is 0.845. The molecule has 0 radical (unpaired) electrons. The van der Waals surface area contributed by atoms with Crippen molar-refractivity contribution in [2.45, 2.75) is 64.5 Å². The summed E-state index contributed by atoms with van der Waals surface area (Å²) in [5.74, 6) is 0.825. The first-order valence-electron chi connectivity index (χ1n) is 7.66. The number of hydrogen-bond acceptors (Lipinski definition) is 3. The van der Waals surface area contributed by atoms with E-state index in [1.54, 1.807) is 0 Å². The smallest absolute Gasteiger partial charge is 0.218 e. The van der Waals surface area contributed by atoms with E-state index in [1.807, 2.05) is 12.3 Å². The van der Waals surface area contributed by atoms with Crippen LogP contribution in [0.2, 0.25) is 0 Å². The Morgan fingerprint density at radius 2 is 2.16 bits per heavy atom. The minimum atomic E-state index is 0.298. The second-order valence-electron chi connectivity index (χ2n) is 5.45. The summed E-state index contributed by atoms with van der Waals surface area (Å²) in [6.07, 6.45) is 9.61. The van der Waals surface area contributed by atoms with E-state index in [0.717, 1.165) is 18.8 Å². The molecule has 0 saturated heterocycles. The van der Waals surface area contributed by atoms with Crippen LogP contribution in [0.25, 0.3) is 0 Å². The molecule has 1 fully saturated rings. The first-order valence-corrected chi connectivity index (χ1v) is 7.66. The van der Waals surface area contributed by atoms with E-state index in [1.165, 1.54) is 37.7 Å². The van der Waals surface area contributed by atoms with Crippen LogP contribution in [0.5, 0.6) is 5.88 Å². The van der Waals surface area contributed by atoms with Crippen molar-refractivity contribution in [1.82, 2.24) is 10.3 Å². The zero-order chi connectivity index (χ0) is 13.5. The molecule has 106 valence electrons. The van der Waals surface area contributed by atoms with E-state index in [9.17, 15) is 0 Å². The van der Waals surface area contributed by atoms with Gasteiger partial charge in [-0.05, 0) is 51.6 Å². The van der Waals surface area contributed by atoms with Crippen LogP contribution in [-0.2, 0) is 0 Å². The average Bonchev–Trinajstić information content (AvgIpc) is 2.46. The molecule has 1 heterocycles. The molecule has 1 aromatic heterocycles. The Bertz CT molecular complexity index is 375. The van der Waals surface area contributed by atoms with Gasteiger partial charge in [0.05, 0.1) is 0 Å². The highest BCUT2D eigenvalue weighted by molar-refractivity contribution is 5.28. The topological polar surface area (TPSA) is 34.2 Å². The Hall–Kier alpha value is -1.09. The minimum Gasteiger partial charge on any atom is -0.474 e. The highest BCUT2D eigenvalue weighted by Gasteiger charge is 2.18. The first-order chi connectivity index (χ1) is 9.31. The third kappa shape index (κ3) is 4.20. The van der Waals surface area contributed by atoms with Crippen LogP contribution in [0.1, 0.15) is 64.0 Å². The molecule has 0 aromatic carbocycles. The van der Waals surface area contributed by atoms with Gasteiger partial charge in [0.25, 0.3) is 0 Å². The molecule has 2 rings (SSSR count). The third-order valence-corrected chi connectivity index (χ3v) is 3.80. The highest BCUT2D eigenvalue weighted by Crippen LogP contribution is 2.27. The van der Waals surface area contributed by atoms with Gasteiger partial charge in [-0.3, -0.25) is 0 Å². The van der Waals surface area contributed by atoms with Gasteiger partial charge in [-0.2, -0.15) is 0 Å². The van der Waals surface area contributed by atoms with Crippen molar-refractivity contribution in [2.75, 3.05) is 6.54 Å². The summed E-state index contributed by atoms with van der Waals surface area (Å²) in [4.78, 5) is 4.44. The Kier molecular flexibility index (Phi) is 5.64. The van der Waals surface area contributed by atoms with Gasteiger partial charge in [-0.1, -0.05) is 19.4 Å². The molecule has 3 heteroatoms. The molecular formula is C16H26N2O. The fraction of sp³-hybridized carbons (Fsp3) is 0.688. The Balaban J connectivity index is 2.02. The summed E-state index contributed by atoms with van der Waals surface area (Å²) in [6, 6.07) is 4.42. The lowest BCUT2D eigenvalue weighted by atomic mass is 9.98. The molecule has 0 bridgehead atoms. The first kappa shape index (κ1) is 14.3. The highest BCUT2D eigenvalue weighted by atomic mass is 16.5. The molecule has 1 saturated carbocycles. The van der Waals surface area contributed by atoms with Crippen molar-refractivity contribution >= 4 is 0 Å². The zero-order valence-electron chi connectivity index (χ0n) is 12.2. The van der Waals surface area contributed by atoms with E-state index in [4.69, 9.17) is 4.74 Å². The molecule has 0 aliphatic heterocycles. The second-order valence-corrected chi connectivity index (χ2v) is 5.45. The molecule has 1 unspecified atom stereocenters. The molecule has 0 spiro atoms. The molecule has 1 aromatic rings. The van der Waals surface area contributed by atoms with E-state index in [-0.39, 0.29) is 0 Å². The Morgan fingerprint density at radius 1 is 1.37 bits per heavy atom. The summed E-state index contributed by atoms with van der Waals surface area (Å²) >= 11 is 0. The average molecular weight is 262 g/mol. The SMILES string of the molecule is CCCNC(C)c1cccnc1OC1CCCCC1. The maximum atomic E-state index is 6.14. The van der Waals surface area contributed by atoms with Crippen LogP contribution in [-0.4, -0.2) is 17.6 Å². The van der Waals surface area contributed by atoms with Crippen LogP contribution >= 0.6 is 0 Å². The van der Waals surface area contributed by atoms with Crippen LogP contribution in [0, 0.1) is 0 Å². The van der Waals surface area contributed by atoms with Crippen LogP contribution in [0.15, 0.2) is 18.3 Å². The number of nitrogens with zero attached hydrogens (tertiary/aromatic N) is 1. The predicted molar refractivity (Wildman–Crippen MR) is 78.4 cm³/mol. The fourth-order valence-corrected chi connectivity index (χ4v) is 2.64. The monoisotopic (exact) mass is 262 g/mol. The van der Waals surface area contributed by atoms with E-state index >= 15 is 0 Å². The maximum absolute atomic E-state index is 6.14. The molecule has 3 nitrogen and oxygen atoms in total. The number of pyridine rings is 1. The Morgan fingerprint density at radius 3 is 2.89 bits per heavy atom. The summed E-state index contributed by atoms with van der Waals surface area (Å²) in [7, 11) is 0. The van der Waals surface area contributed by atoms with Gasteiger partial charge in [0.15, 0.2) is 0 Å². The van der Waals surface area contributed by atoms with Gasteiger partial charge in [0, 0.05) is 17.8 Å². The van der Waals surface area contributed by atoms with Crippen LogP contribution in [0.4, 0.5) is 0 Å². The van der Waals surface area contributed by atoms with Gasteiger partial charge in [-0.15, -0.1) is 0 Å². The van der Waals surface area contributed by atoms with E-state index in [0.29, 0.717) is 12.1 Å². The van der Waals surface area contributed by atoms with Crippen molar-refractivity contribution < 1.29 is 4.74 Å². The largest absolute Gasteiger partial charge is 0.474 e. The zero-order valence-corrected chi connectivity index (χ0v) is 12.2. The van der Waals surface area contributed by atoms with Gasteiger partial charge in [0.2, 0.25) is 5.88 Å². The standard InChI is InChI=1S/C16H26N2O/c1-3-11-17-13(2)15-10-7-12-18-16(15)19-14-8-5-4-6-9-14/h7,10,12-14,17H,3-6,8-9,11H2,1-2H3. The van der Waals surface area contributed by atoms with Gasteiger partial charge >= 0.3 is 0 Å². The number of rotatable bonds is 6. The lowest BCUT2D eigenvalue weighted by Crippen LogP contribution is -2.24. The number of hydrogen-bond donors (Lipinski definition) is 1. The van der Waals surface area contributed by atoms with Crippen molar-refractivity contribution in [3.8, 4) is 5.88 Å². The van der Waals surface area contributed by atoms with E-state index in [2.05, 4.69) is 30.2 Å².